The second-order valence-corrected chi connectivity index (χ2v) is 8.23. The first kappa shape index (κ1) is 24.3. The molecule has 0 spiro atoms. The van der Waals surface area contributed by atoms with Crippen molar-refractivity contribution in [2.45, 2.75) is 76.5 Å². The third-order valence-corrected chi connectivity index (χ3v) is 5.68. The van der Waals surface area contributed by atoms with Crippen molar-refractivity contribution in [2.75, 3.05) is 5.32 Å². The lowest BCUT2D eigenvalue weighted by atomic mass is 10.1. The quantitative estimate of drug-likeness (QED) is 0.167. The molecule has 0 aliphatic carbocycles. The maximum absolute atomic E-state index is 12.1. The van der Waals surface area contributed by atoms with Crippen LogP contribution in [-0.2, 0) is 10.1 Å². The Hall–Kier alpha value is -2.01. The summed E-state index contributed by atoms with van der Waals surface area (Å²) in [6.45, 7) is 2.25. The van der Waals surface area contributed by atoms with Gasteiger partial charge in [0.15, 0.2) is 0 Å². The highest BCUT2D eigenvalue weighted by atomic mass is 79.9. The number of carbonyl (C=O) groups is 1. The highest BCUT2D eigenvalue weighted by Gasteiger charge is 2.03. The minimum absolute atomic E-state index is 0.0826. The number of azo groups is 1. The van der Waals surface area contributed by atoms with E-state index in [1.807, 2.05) is 48.5 Å². The van der Waals surface area contributed by atoms with Crippen LogP contribution in [0.15, 0.2) is 58.8 Å². The summed E-state index contributed by atoms with van der Waals surface area (Å²) in [6, 6.07) is 15.4. The van der Waals surface area contributed by atoms with Crippen molar-refractivity contribution in [2.24, 2.45) is 10.2 Å². The Morgan fingerprint density at radius 1 is 0.767 bits per heavy atom. The molecule has 2 aromatic rings. The average molecular weight is 472 g/mol. The number of rotatable bonds is 14. The number of hydrogen-bond acceptors (Lipinski definition) is 3. The average Bonchev–Trinajstić information content (AvgIpc) is 2.78. The molecule has 0 unspecified atom stereocenters. The highest BCUT2D eigenvalue weighted by molar-refractivity contribution is 9.08. The highest BCUT2D eigenvalue weighted by Crippen LogP contribution is 2.21. The van der Waals surface area contributed by atoms with E-state index in [9.17, 15) is 4.79 Å². The number of anilines is 1. The van der Waals surface area contributed by atoms with Crippen molar-refractivity contribution in [3.63, 3.8) is 0 Å². The van der Waals surface area contributed by atoms with Gasteiger partial charge in [0.25, 0.3) is 0 Å². The van der Waals surface area contributed by atoms with E-state index in [4.69, 9.17) is 0 Å². The van der Waals surface area contributed by atoms with Crippen molar-refractivity contribution in [3.05, 3.63) is 54.1 Å². The van der Waals surface area contributed by atoms with Gasteiger partial charge < -0.3 is 5.32 Å². The van der Waals surface area contributed by atoms with E-state index in [1.54, 1.807) is 0 Å². The van der Waals surface area contributed by atoms with E-state index in [1.165, 1.54) is 50.5 Å². The monoisotopic (exact) mass is 471 g/mol. The number of hydrogen-bond donors (Lipinski definition) is 1. The second-order valence-electron chi connectivity index (χ2n) is 7.67. The predicted octanol–water partition coefficient (Wildman–Crippen LogP) is 8.86. The number of nitrogens with one attached hydrogen (secondary N) is 1. The van der Waals surface area contributed by atoms with E-state index < -0.39 is 0 Å². The minimum atomic E-state index is 0.0826. The van der Waals surface area contributed by atoms with Gasteiger partial charge >= 0.3 is 0 Å². The van der Waals surface area contributed by atoms with E-state index in [-0.39, 0.29) is 5.91 Å². The number of carbonyl (C=O) groups excluding carboxylic acids is 1. The van der Waals surface area contributed by atoms with Crippen LogP contribution in [0.2, 0.25) is 0 Å². The van der Waals surface area contributed by atoms with E-state index >= 15 is 0 Å². The van der Waals surface area contributed by atoms with Gasteiger partial charge in [0, 0.05) is 17.4 Å². The van der Waals surface area contributed by atoms with Gasteiger partial charge in [0.2, 0.25) is 5.91 Å². The summed E-state index contributed by atoms with van der Waals surface area (Å²) in [4.78, 5) is 12.1. The van der Waals surface area contributed by atoms with E-state index in [2.05, 4.69) is 38.4 Å². The Bertz CT molecular complexity index is 757. The van der Waals surface area contributed by atoms with Gasteiger partial charge in [-0.05, 0) is 48.4 Å². The Morgan fingerprint density at radius 2 is 1.27 bits per heavy atom. The Labute approximate surface area is 189 Å². The summed E-state index contributed by atoms with van der Waals surface area (Å²) < 4.78 is 0. The molecule has 0 saturated heterocycles. The number of nitrogens with zero attached hydrogens (tertiary/aromatic N) is 2. The molecule has 162 valence electrons. The molecule has 0 atom stereocenters. The Balaban J connectivity index is 1.63. The fourth-order valence-corrected chi connectivity index (χ4v) is 3.57. The second kappa shape index (κ2) is 14.9. The molecule has 2 aromatic carbocycles. The molecule has 0 heterocycles. The molecule has 0 aliphatic heterocycles. The Morgan fingerprint density at radius 3 is 1.80 bits per heavy atom. The first-order chi connectivity index (χ1) is 14.7. The van der Waals surface area contributed by atoms with Crippen molar-refractivity contribution >= 4 is 38.9 Å². The van der Waals surface area contributed by atoms with Crippen molar-refractivity contribution in [1.82, 2.24) is 0 Å². The number of alkyl halides is 1. The van der Waals surface area contributed by atoms with Crippen molar-refractivity contribution in [3.8, 4) is 0 Å². The van der Waals surface area contributed by atoms with Gasteiger partial charge in [-0.3, -0.25) is 4.79 Å². The topological polar surface area (TPSA) is 53.8 Å². The first-order valence-electron chi connectivity index (χ1n) is 11.2. The summed E-state index contributed by atoms with van der Waals surface area (Å²) in [5.74, 6) is 0.0826. The fourth-order valence-electron chi connectivity index (χ4n) is 3.20. The molecule has 0 radical (unpaired) electrons. The molecule has 2 rings (SSSR count). The van der Waals surface area contributed by atoms with Crippen LogP contribution in [0.3, 0.4) is 0 Å². The molecular weight excluding hydrogens is 438 g/mol. The van der Waals surface area contributed by atoms with Gasteiger partial charge in [0.1, 0.15) is 0 Å². The number of unbranched alkanes of at least 4 members (excludes halogenated alkanes) is 8. The summed E-state index contributed by atoms with van der Waals surface area (Å²) in [5, 5.41) is 12.3. The van der Waals surface area contributed by atoms with E-state index in [0.29, 0.717) is 6.42 Å². The molecule has 30 heavy (non-hydrogen) atoms. The molecule has 0 bridgehead atoms. The van der Waals surface area contributed by atoms with Gasteiger partial charge in [0.05, 0.1) is 11.4 Å². The summed E-state index contributed by atoms with van der Waals surface area (Å²) in [7, 11) is 0. The molecule has 1 amide bonds. The van der Waals surface area contributed by atoms with Crippen LogP contribution in [0.5, 0.6) is 0 Å². The third kappa shape index (κ3) is 10.1. The summed E-state index contributed by atoms with van der Waals surface area (Å²) in [6.07, 6.45) is 11.9. The van der Waals surface area contributed by atoms with Crippen LogP contribution in [0, 0.1) is 0 Å². The number of halogens is 1. The Kier molecular flexibility index (Phi) is 12.0. The SMILES string of the molecule is CCCCCCCCCCCC(=O)Nc1ccc(N=Nc2ccc(CBr)cc2)cc1. The van der Waals surface area contributed by atoms with Gasteiger partial charge in [-0.1, -0.05) is 86.4 Å². The zero-order chi connectivity index (χ0) is 21.4. The largest absolute Gasteiger partial charge is 0.326 e. The predicted molar refractivity (Wildman–Crippen MR) is 130 cm³/mol. The van der Waals surface area contributed by atoms with Crippen molar-refractivity contribution < 1.29 is 4.79 Å². The van der Waals surface area contributed by atoms with E-state index in [0.717, 1.165) is 35.2 Å². The fraction of sp³-hybridized carbons (Fsp3) is 0.480. The molecule has 0 saturated carbocycles. The lowest BCUT2D eigenvalue weighted by molar-refractivity contribution is -0.116. The van der Waals surface area contributed by atoms with Crippen LogP contribution in [0.1, 0.15) is 76.7 Å². The van der Waals surface area contributed by atoms with Crippen LogP contribution < -0.4 is 5.32 Å². The molecule has 1 N–H and O–H groups in total. The molecule has 0 aromatic heterocycles. The van der Waals surface area contributed by atoms with Gasteiger partial charge in [-0.2, -0.15) is 10.2 Å². The summed E-state index contributed by atoms with van der Waals surface area (Å²) >= 11 is 3.43. The number of amides is 1. The first-order valence-corrected chi connectivity index (χ1v) is 12.3. The molecular formula is C25H34BrN3O. The molecule has 0 fully saturated rings. The zero-order valence-electron chi connectivity index (χ0n) is 18.1. The molecule has 4 nitrogen and oxygen atoms in total. The smallest absolute Gasteiger partial charge is 0.224 e. The molecule has 5 heteroatoms. The number of benzene rings is 2. The maximum Gasteiger partial charge on any atom is 0.224 e. The lowest BCUT2D eigenvalue weighted by Crippen LogP contribution is -2.10. The van der Waals surface area contributed by atoms with Crippen molar-refractivity contribution in [1.29, 1.82) is 0 Å². The third-order valence-electron chi connectivity index (χ3n) is 5.03. The minimum Gasteiger partial charge on any atom is -0.326 e. The van der Waals surface area contributed by atoms with Crippen LogP contribution in [0.4, 0.5) is 17.1 Å². The van der Waals surface area contributed by atoms with Gasteiger partial charge in [-0.25, -0.2) is 0 Å². The molecule has 0 aliphatic rings. The van der Waals surface area contributed by atoms with Crippen LogP contribution in [0.25, 0.3) is 0 Å². The summed E-state index contributed by atoms with van der Waals surface area (Å²) in [5.41, 5.74) is 3.59. The normalized spacial score (nSPS) is 11.1. The standard InChI is InChI=1S/C25H34BrN3O/c1-2-3-4-5-6-7-8-9-10-11-25(30)27-22-16-18-24(19-17-22)29-28-23-14-12-21(20-26)13-15-23/h12-19H,2-11,20H2,1H3,(H,27,30). The van der Waals surface area contributed by atoms with Gasteiger partial charge in [-0.15, -0.1) is 0 Å². The maximum atomic E-state index is 12.1. The lowest BCUT2D eigenvalue weighted by Gasteiger charge is -2.05. The van der Waals surface area contributed by atoms with Crippen LogP contribution in [-0.4, -0.2) is 5.91 Å². The van der Waals surface area contributed by atoms with Crippen LogP contribution >= 0.6 is 15.9 Å². The zero-order valence-corrected chi connectivity index (χ0v) is 19.7.